The predicted octanol–water partition coefficient (Wildman–Crippen LogP) is 3.97. The molecule has 0 saturated heterocycles. The smallest absolute Gasteiger partial charge is 0.223 e. The predicted molar refractivity (Wildman–Crippen MR) is 83.1 cm³/mol. The van der Waals surface area contributed by atoms with E-state index >= 15 is 0 Å². The molecule has 0 aliphatic heterocycles. The minimum atomic E-state index is -0.532. The SMILES string of the molecule is Cc1cccc(-c2cc(Oc3ccc(N)cc3F)ncn2)c1. The summed E-state index contributed by atoms with van der Waals surface area (Å²) in [5.74, 6) is -0.186. The summed E-state index contributed by atoms with van der Waals surface area (Å²) in [7, 11) is 0. The first-order chi connectivity index (χ1) is 10.6. The van der Waals surface area contributed by atoms with Crippen LogP contribution in [0.1, 0.15) is 5.56 Å². The second-order valence-electron chi connectivity index (χ2n) is 4.90. The fraction of sp³-hybridized carbons (Fsp3) is 0.0588. The Hall–Kier alpha value is -2.95. The van der Waals surface area contributed by atoms with Crippen molar-refractivity contribution in [2.75, 3.05) is 5.73 Å². The van der Waals surface area contributed by atoms with Gasteiger partial charge in [-0.15, -0.1) is 0 Å². The molecule has 0 amide bonds. The zero-order chi connectivity index (χ0) is 15.5. The van der Waals surface area contributed by atoms with Gasteiger partial charge >= 0.3 is 0 Å². The van der Waals surface area contributed by atoms with Crippen LogP contribution in [0.2, 0.25) is 0 Å². The monoisotopic (exact) mass is 295 g/mol. The van der Waals surface area contributed by atoms with Gasteiger partial charge in [0.2, 0.25) is 5.88 Å². The van der Waals surface area contributed by atoms with Gasteiger partial charge < -0.3 is 10.5 Å². The van der Waals surface area contributed by atoms with E-state index in [2.05, 4.69) is 9.97 Å². The van der Waals surface area contributed by atoms with Crippen LogP contribution in [-0.2, 0) is 0 Å². The number of nitrogens with zero attached hydrogens (tertiary/aromatic N) is 2. The van der Waals surface area contributed by atoms with Crippen LogP contribution in [0.3, 0.4) is 0 Å². The highest BCUT2D eigenvalue weighted by molar-refractivity contribution is 5.60. The number of rotatable bonds is 3. The van der Waals surface area contributed by atoms with E-state index in [4.69, 9.17) is 10.5 Å². The van der Waals surface area contributed by atoms with Gasteiger partial charge in [0.25, 0.3) is 0 Å². The number of nitrogens with two attached hydrogens (primary N) is 1. The maximum atomic E-state index is 13.8. The average molecular weight is 295 g/mol. The lowest BCUT2D eigenvalue weighted by Gasteiger charge is -2.08. The second-order valence-corrected chi connectivity index (χ2v) is 4.90. The maximum Gasteiger partial charge on any atom is 0.223 e. The van der Waals surface area contributed by atoms with Gasteiger partial charge in [-0.1, -0.05) is 23.8 Å². The Labute approximate surface area is 127 Å². The quantitative estimate of drug-likeness (QED) is 0.743. The lowest BCUT2D eigenvalue weighted by atomic mass is 10.1. The van der Waals surface area contributed by atoms with Crippen molar-refractivity contribution in [3.63, 3.8) is 0 Å². The standard InChI is InChI=1S/C17H14FN3O/c1-11-3-2-4-12(7-11)15-9-17(21-10-20-15)22-16-6-5-13(19)8-14(16)18/h2-10H,19H2,1H3. The third-order valence-electron chi connectivity index (χ3n) is 3.13. The molecule has 3 rings (SSSR count). The van der Waals surface area contributed by atoms with E-state index < -0.39 is 5.82 Å². The number of ether oxygens (including phenoxy) is 1. The third kappa shape index (κ3) is 3.03. The molecule has 110 valence electrons. The molecule has 22 heavy (non-hydrogen) atoms. The third-order valence-corrected chi connectivity index (χ3v) is 3.13. The summed E-state index contributed by atoms with van der Waals surface area (Å²) in [5, 5.41) is 0. The van der Waals surface area contributed by atoms with Crippen LogP contribution in [-0.4, -0.2) is 9.97 Å². The molecular formula is C17H14FN3O. The summed E-state index contributed by atoms with van der Waals surface area (Å²) in [5.41, 5.74) is 8.64. The van der Waals surface area contributed by atoms with Crippen molar-refractivity contribution in [3.05, 3.63) is 66.2 Å². The van der Waals surface area contributed by atoms with Gasteiger partial charge in [-0.3, -0.25) is 0 Å². The van der Waals surface area contributed by atoms with Crippen molar-refractivity contribution in [1.29, 1.82) is 0 Å². The zero-order valence-electron chi connectivity index (χ0n) is 12.0. The molecule has 0 spiro atoms. The molecule has 0 unspecified atom stereocenters. The van der Waals surface area contributed by atoms with E-state index in [1.807, 2.05) is 31.2 Å². The van der Waals surface area contributed by atoms with Crippen molar-refractivity contribution in [2.45, 2.75) is 6.92 Å². The number of aryl methyl sites for hydroxylation is 1. The van der Waals surface area contributed by atoms with E-state index in [1.54, 1.807) is 12.1 Å². The molecule has 1 aromatic heterocycles. The van der Waals surface area contributed by atoms with Crippen molar-refractivity contribution in [2.24, 2.45) is 0 Å². The maximum absolute atomic E-state index is 13.8. The molecule has 0 aliphatic carbocycles. The van der Waals surface area contributed by atoms with Gasteiger partial charge in [-0.25, -0.2) is 14.4 Å². The Bertz CT molecular complexity index is 821. The second kappa shape index (κ2) is 5.81. The zero-order valence-corrected chi connectivity index (χ0v) is 12.0. The summed E-state index contributed by atoms with van der Waals surface area (Å²) < 4.78 is 19.2. The first kappa shape index (κ1) is 14.0. The van der Waals surface area contributed by atoms with Crippen LogP contribution in [0.25, 0.3) is 11.3 Å². The lowest BCUT2D eigenvalue weighted by molar-refractivity contribution is 0.427. The van der Waals surface area contributed by atoms with Crippen LogP contribution in [0.15, 0.2) is 54.9 Å². The molecule has 2 aromatic carbocycles. The fourth-order valence-electron chi connectivity index (χ4n) is 2.07. The van der Waals surface area contributed by atoms with Crippen LogP contribution in [0.4, 0.5) is 10.1 Å². The Morgan fingerprint density at radius 1 is 1.05 bits per heavy atom. The molecular weight excluding hydrogens is 281 g/mol. The van der Waals surface area contributed by atoms with E-state index in [9.17, 15) is 4.39 Å². The van der Waals surface area contributed by atoms with Crippen molar-refractivity contribution in [3.8, 4) is 22.9 Å². The summed E-state index contributed by atoms with van der Waals surface area (Å²) >= 11 is 0. The normalized spacial score (nSPS) is 10.5. The molecule has 0 aliphatic rings. The summed E-state index contributed by atoms with van der Waals surface area (Å²) in [6.07, 6.45) is 1.39. The lowest BCUT2D eigenvalue weighted by Crippen LogP contribution is -1.94. The highest BCUT2D eigenvalue weighted by Crippen LogP contribution is 2.27. The van der Waals surface area contributed by atoms with Gasteiger partial charge in [0.05, 0.1) is 5.69 Å². The number of hydrogen-bond acceptors (Lipinski definition) is 4. The van der Waals surface area contributed by atoms with Crippen LogP contribution >= 0.6 is 0 Å². The molecule has 4 nitrogen and oxygen atoms in total. The highest BCUT2D eigenvalue weighted by Gasteiger charge is 2.08. The number of halogens is 1. The number of benzene rings is 2. The largest absolute Gasteiger partial charge is 0.436 e. The van der Waals surface area contributed by atoms with Gasteiger partial charge in [0.1, 0.15) is 6.33 Å². The Morgan fingerprint density at radius 2 is 1.91 bits per heavy atom. The van der Waals surface area contributed by atoms with Gasteiger partial charge in [-0.2, -0.15) is 0 Å². The van der Waals surface area contributed by atoms with E-state index in [1.165, 1.54) is 18.5 Å². The molecule has 2 N–H and O–H groups in total. The topological polar surface area (TPSA) is 61.0 Å². The molecule has 0 fully saturated rings. The van der Waals surface area contributed by atoms with Gasteiger partial charge in [0.15, 0.2) is 11.6 Å². The number of anilines is 1. The molecule has 3 aromatic rings. The van der Waals surface area contributed by atoms with Crippen LogP contribution < -0.4 is 10.5 Å². The van der Waals surface area contributed by atoms with Crippen molar-refractivity contribution >= 4 is 5.69 Å². The van der Waals surface area contributed by atoms with E-state index in [0.717, 1.165) is 11.1 Å². The number of hydrogen-bond donors (Lipinski definition) is 1. The molecule has 5 heteroatoms. The number of aromatic nitrogens is 2. The van der Waals surface area contributed by atoms with Crippen LogP contribution in [0, 0.1) is 12.7 Å². The Balaban J connectivity index is 1.91. The minimum absolute atomic E-state index is 0.0723. The van der Waals surface area contributed by atoms with Crippen molar-refractivity contribution in [1.82, 2.24) is 9.97 Å². The Kier molecular flexibility index (Phi) is 3.70. The molecule has 0 saturated carbocycles. The van der Waals surface area contributed by atoms with Gasteiger partial charge in [0, 0.05) is 23.4 Å². The minimum Gasteiger partial charge on any atom is -0.436 e. The first-order valence-corrected chi connectivity index (χ1v) is 6.74. The summed E-state index contributed by atoms with van der Waals surface area (Å²) in [6.45, 7) is 2.01. The fourth-order valence-corrected chi connectivity index (χ4v) is 2.07. The average Bonchev–Trinajstić information content (AvgIpc) is 2.50. The van der Waals surface area contributed by atoms with Gasteiger partial charge in [-0.05, 0) is 25.1 Å². The summed E-state index contributed by atoms with van der Waals surface area (Å²) in [6, 6.07) is 13.8. The van der Waals surface area contributed by atoms with Crippen LogP contribution in [0.5, 0.6) is 11.6 Å². The molecule has 0 atom stereocenters. The highest BCUT2D eigenvalue weighted by atomic mass is 19.1. The van der Waals surface area contributed by atoms with E-state index in [-0.39, 0.29) is 11.6 Å². The molecule has 0 radical (unpaired) electrons. The van der Waals surface area contributed by atoms with E-state index in [0.29, 0.717) is 11.4 Å². The summed E-state index contributed by atoms with van der Waals surface area (Å²) in [4.78, 5) is 8.24. The molecule has 0 bridgehead atoms. The number of nitrogen functional groups attached to an aromatic ring is 1. The Morgan fingerprint density at radius 3 is 2.68 bits per heavy atom. The first-order valence-electron chi connectivity index (χ1n) is 6.74. The molecule has 1 heterocycles. The van der Waals surface area contributed by atoms with Crippen molar-refractivity contribution < 1.29 is 9.13 Å².